The molecule has 29 heavy (non-hydrogen) atoms. The minimum Gasteiger partial charge on any atom is -0.482 e. The van der Waals surface area contributed by atoms with Crippen molar-refractivity contribution in [2.45, 2.75) is 6.92 Å². The van der Waals surface area contributed by atoms with Crippen molar-refractivity contribution in [3.63, 3.8) is 0 Å². The van der Waals surface area contributed by atoms with E-state index in [0.29, 0.717) is 54.6 Å². The second kappa shape index (κ2) is 7.92. The van der Waals surface area contributed by atoms with Gasteiger partial charge in [-0.3, -0.25) is 14.4 Å². The summed E-state index contributed by atoms with van der Waals surface area (Å²) in [5, 5.41) is 5.50. The molecule has 1 fully saturated rings. The van der Waals surface area contributed by atoms with Crippen LogP contribution >= 0.6 is 0 Å². The van der Waals surface area contributed by atoms with Crippen molar-refractivity contribution in [2.24, 2.45) is 0 Å². The van der Waals surface area contributed by atoms with E-state index in [1.165, 1.54) is 0 Å². The Bertz CT molecular complexity index is 982. The van der Waals surface area contributed by atoms with E-state index >= 15 is 0 Å². The van der Waals surface area contributed by atoms with Crippen LogP contribution in [-0.2, 0) is 9.53 Å². The fourth-order valence-electron chi connectivity index (χ4n) is 3.29. The Labute approximate surface area is 167 Å². The highest BCUT2D eigenvalue weighted by atomic mass is 16.5. The first kappa shape index (κ1) is 18.9. The zero-order chi connectivity index (χ0) is 20.4. The maximum absolute atomic E-state index is 12.8. The molecule has 8 nitrogen and oxygen atoms in total. The van der Waals surface area contributed by atoms with Gasteiger partial charge in [0.25, 0.3) is 17.7 Å². The molecule has 0 bridgehead atoms. The Morgan fingerprint density at radius 2 is 1.90 bits per heavy atom. The van der Waals surface area contributed by atoms with E-state index in [1.54, 1.807) is 35.2 Å². The number of benzene rings is 2. The Hall–Kier alpha value is -3.39. The number of nitrogens with one attached hydrogen (secondary N) is 2. The van der Waals surface area contributed by atoms with E-state index in [1.807, 2.05) is 13.0 Å². The molecule has 150 valence electrons. The molecule has 0 atom stereocenters. The minimum absolute atomic E-state index is 0.0398. The topological polar surface area (TPSA) is 97.0 Å². The first-order valence-electron chi connectivity index (χ1n) is 9.37. The van der Waals surface area contributed by atoms with Crippen molar-refractivity contribution < 1.29 is 23.9 Å². The summed E-state index contributed by atoms with van der Waals surface area (Å²) in [5.41, 5.74) is 2.75. The molecule has 0 unspecified atom stereocenters. The van der Waals surface area contributed by atoms with Gasteiger partial charge in [-0.2, -0.15) is 0 Å². The lowest BCUT2D eigenvalue weighted by Crippen LogP contribution is -2.41. The monoisotopic (exact) mass is 395 g/mol. The number of nitrogens with zero attached hydrogens (tertiary/aromatic N) is 1. The largest absolute Gasteiger partial charge is 0.482 e. The highest BCUT2D eigenvalue weighted by Gasteiger charge is 2.21. The predicted octanol–water partition coefficient (Wildman–Crippen LogP) is 2.05. The quantitative estimate of drug-likeness (QED) is 0.829. The number of amides is 3. The number of ether oxygens (including phenoxy) is 2. The average Bonchev–Trinajstić information content (AvgIpc) is 2.74. The van der Waals surface area contributed by atoms with Gasteiger partial charge in [-0.05, 0) is 42.8 Å². The maximum Gasteiger partial charge on any atom is 0.262 e. The third-order valence-electron chi connectivity index (χ3n) is 4.90. The predicted molar refractivity (Wildman–Crippen MR) is 106 cm³/mol. The van der Waals surface area contributed by atoms with Gasteiger partial charge in [0.1, 0.15) is 5.75 Å². The van der Waals surface area contributed by atoms with Crippen molar-refractivity contribution in [1.82, 2.24) is 4.90 Å². The molecule has 3 amide bonds. The number of hydrogen-bond acceptors (Lipinski definition) is 5. The van der Waals surface area contributed by atoms with Gasteiger partial charge >= 0.3 is 0 Å². The van der Waals surface area contributed by atoms with E-state index in [2.05, 4.69) is 10.6 Å². The summed E-state index contributed by atoms with van der Waals surface area (Å²) in [4.78, 5) is 38.7. The second-order valence-corrected chi connectivity index (χ2v) is 6.94. The highest BCUT2D eigenvalue weighted by Crippen LogP contribution is 2.29. The molecule has 0 spiro atoms. The van der Waals surface area contributed by atoms with Gasteiger partial charge in [-0.25, -0.2) is 0 Å². The van der Waals surface area contributed by atoms with E-state index in [0.717, 1.165) is 5.56 Å². The van der Waals surface area contributed by atoms with Gasteiger partial charge in [-0.15, -0.1) is 0 Å². The summed E-state index contributed by atoms with van der Waals surface area (Å²) in [7, 11) is 0. The fourth-order valence-corrected chi connectivity index (χ4v) is 3.29. The van der Waals surface area contributed by atoms with Crippen molar-refractivity contribution in [1.29, 1.82) is 0 Å². The van der Waals surface area contributed by atoms with E-state index in [-0.39, 0.29) is 24.3 Å². The summed E-state index contributed by atoms with van der Waals surface area (Å²) >= 11 is 0. The van der Waals surface area contributed by atoms with Crippen molar-refractivity contribution >= 4 is 29.1 Å². The average molecular weight is 395 g/mol. The number of morpholine rings is 1. The zero-order valence-electron chi connectivity index (χ0n) is 16.0. The summed E-state index contributed by atoms with van der Waals surface area (Å²) < 4.78 is 10.6. The molecule has 2 aliphatic rings. The number of aryl methyl sites for hydroxylation is 1. The second-order valence-electron chi connectivity index (χ2n) is 6.94. The van der Waals surface area contributed by atoms with Crippen LogP contribution < -0.4 is 15.4 Å². The molecule has 4 rings (SSSR count). The van der Waals surface area contributed by atoms with Crippen LogP contribution in [0.3, 0.4) is 0 Å². The SMILES string of the molecule is Cc1ccc(NC(=O)c2ccc3c(c2)NC(=O)CO3)cc1C(=O)N1CCOCC1. The molecule has 0 aliphatic carbocycles. The fraction of sp³-hybridized carbons (Fsp3) is 0.286. The third-order valence-corrected chi connectivity index (χ3v) is 4.90. The molecule has 2 aromatic rings. The first-order chi connectivity index (χ1) is 14.0. The van der Waals surface area contributed by atoms with E-state index in [4.69, 9.17) is 9.47 Å². The van der Waals surface area contributed by atoms with Crippen LogP contribution in [0.15, 0.2) is 36.4 Å². The Morgan fingerprint density at radius 3 is 2.69 bits per heavy atom. The molecule has 2 N–H and O–H groups in total. The lowest BCUT2D eigenvalue weighted by Gasteiger charge is -2.27. The third kappa shape index (κ3) is 4.07. The Morgan fingerprint density at radius 1 is 1.10 bits per heavy atom. The van der Waals surface area contributed by atoms with Gasteiger partial charge in [0.15, 0.2) is 6.61 Å². The summed E-state index contributed by atoms with van der Waals surface area (Å²) in [6, 6.07) is 10.1. The summed E-state index contributed by atoms with van der Waals surface area (Å²) in [6.45, 7) is 3.99. The molecule has 0 saturated carbocycles. The lowest BCUT2D eigenvalue weighted by molar-refractivity contribution is -0.118. The summed E-state index contributed by atoms with van der Waals surface area (Å²) in [5.74, 6) is -0.161. The molecule has 0 aromatic heterocycles. The maximum atomic E-state index is 12.8. The van der Waals surface area contributed by atoms with Crippen LogP contribution in [0.1, 0.15) is 26.3 Å². The van der Waals surface area contributed by atoms with Gasteiger partial charge in [-0.1, -0.05) is 6.07 Å². The minimum atomic E-state index is -0.346. The molecule has 8 heteroatoms. The van der Waals surface area contributed by atoms with E-state index < -0.39 is 0 Å². The number of carbonyl (C=O) groups is 3. The smallest absolute Gasteiger partial charge is 0.262 e. The molecule has 2 aromatic carbocycles. The molecule has 2 aliphatic heterocycles. The van der Waals surface area contributed by atoms with Crippen LogP contribution in [0, 0.1) is 6.92 Å². The number of carbonyl (C=O) groups excluding carboxylic acids is 3. The molecule has 1 saturated heterocycles. The normalized spacial score (nSPS) is 15.8. The van der Waals surface area contributed by atoms with Crippen LogP contribution in [-0.4, -0.2) is 55.5 Å². The molecule has 2 heterocycles. The molecular formula is C21H21N3O5. The van der Waals surface area contributed by atoms with Crippen LogP contribution in [0.2, 0.25) is 0 Å². The Balaban J connectivity index is 1.52. The van der Waals surface area contributed by atoms with Crippen molar-refractivity contribution in [2.75, 3.05) is 43.5 Å². The number of anilines is 2. The van der Waals surface area contributed by atoms with Crippen LogP contribution in [0.25, 0.3) is 0 Å². The van der Waals surface area contributed by atoms with Crippen LogP contribution in [0.4, 0.5) is 11.4 Å². The van der Waals surface area contributed by atoms with E-state index in [9.17, 15) is 14.4 Å². The number of hydrogen-bond donors (Lipinski definition) is 2. The van der Waals surface area contributed by atoms with Gasteiger partial charge in [0.2, 0.25) is 0 Å². The van der Waals surface area contributed by atoms with Gasteiger partial charge < -0.3 is 25.0 Å². The van der Waals surface area contributed by atoms with Gasteiger partial charge in [0.05, 0.1) is 18.9 Å². The summed E-state index contributed by atoms with van der Waals surface area (Å²) in [6.07, 6.45) is 0. The van der Waals surface area contributed by atoms with Crippen molar-refractivity contribution in [3.05, 3.63) is 53.1 Å². The molecular weight excluding hydrogens is 374 g/mol. The van der Waals surface area contributed by atoms with Crippen LogP contribution in [0.5, 0.6) is 5.75 Å². The van der Waals surface area contributed by atoms with Crippen molar-refractivity contribution in [3.8, 4) is 5.75 Å². The number of fused-ring (bicyclic) bond motifs is 1. The standard InChI is InChI=1S/C21H21N3O5/c1-13-2-4-15(11-16(13)21(27)24-6-8-28-9-7-24)22-20(26)14-3-5-18-17(10-14)23-19(25)12-29-18/h2-5,10-11H,6-9,12H2,1H3,(H,22,26)(H,23,25). The Kier molecular flexibility index (Phi) is 5.18. The number of rotatable bonds is 3. The highest BCUT2D eigenvalue weighted by molar-refractivity contribution is 6.07. The van der Waals surface area contributed by atoms with Gasteiger partial charge in [0, 0.05) is 29.9 Å². The zero-order valence-corrected chi connectivity index (χ0v) is 16.0. The lowest BCUT2D eigenvalue weighted by atomic mass is 10.1. The first-order valence-corrected chi connectivity index (χ1v) is 9.37. The molecule has 0 radical (unpaired) electrons.